The third-order valence-electron chi connectivity index (χ3n) is 3.50. The van der Waals surface area contributed by atoms with Crippen molar-refractivity contribution in [3.05, 3.63) is 11.6 Å². The van der Waals surface area contributed by atoms with E-state index in [2.05, 4.69) is 36.6 Å². The Kier molecular flexibility index (Phi) is 3.93. The van der Waals surface area contributed by atoms with Gasteiger partial charge in [0.25, 0.3) is 0 Å². The fourth-order valence-corrected chi connectivity index (χ4v) is 5.11. The van der Waals surface area contributed by atoms with Crippen molar-refractivity contribution >= 4 is 23.1 Å². The second-order valence-corrected chi connectivity index (χ2v) is 7.48. The molecule has 4 heteroatoms. The van der Waals surface area contributed by atoms with Crippen LogP contribution in [0.1, 0.15) is 33.1 Å². The van der Waals surface area contributed by atoms with E-state index in [-0.39, 0.29) is 0 Å². The number of hydrogen-bond donors (Lipinski definition) is 1. The maximum atomic E-state index is 4.38. The number of nitrogens with zero attached hydrogens (tertiary/aromatic N) is 1. The molecule has 0 bridgehead atoms. The van der Waals surface area contributed by atoms with Gasteiger partial charge in [-0.25, -0.2) is 4.98 Å². The van der Waals surface area contributed by atoms with E-state index < -0.39 is 0 Å². The molecule has 16 heavy (non-hydrogen) atoms. The van der Waals surface area contributed by atoms with E-state index in [1.807, 2.05) is 18.0 Å². The van der Waals surface area contributed by atoms with Crippen LogP contribution in [0, 0.1) is 5.41 Å². The quantitative estimate of drug-likeness (QED) is 0.897. The number of nitrogens with one attached hydrogen (secondary N) is 1. The minimum Gasteiger partial charge on any atom is -0.315 e. The van der Waals surface area contributed by atoms with Gasteiger partial charge in [-0.15, -0.1) is 11.3 Å². The summed E-state index contributed by atoms with van der Waals surface area (Å²) in [5, 5.41) is 6.24. The summed E-state index contributed by atoms with van der Waals surface area (Å²) < 4.78 is 1.21. The minimum atomic E-state index is 0.405. The zero-order chi connectivity index (χ0) is 11.6. The second-order valence-electron chi connectivity index (χ2n) is 5.10. The van der Waals surface area contributed by atoms with Crippen LogP contribution in [-0.4, -0.2) is 23.3 Å². The van der Waals surface area contributed by atoms with Crippen molar-refractivity contribution in [2.75, 3.05) is 7.05 Å². The summed E-state index contributed by atoms with van der Waals surface area (Å²) >= 11 is 3.70. The lowest BCUT2D eigenvalue weighted by molar-refractivity contribution is 0.182. The van der Waals surface area contributed by atoms with Crippen molar-refractivity contribution in [1.82, 2.24) is 10.3 Å². The lowest BCUT2D eigenvalue weighted by Gasteiger charge is -2.43. The Labute approximate surface area is 106 Å². The van der Waals surface area contributed by atoms with Crippen LogP contribution in [-0.2, 0) is 0 Å². The van der Waals surface area contributed by atoms with Crippen LogP contribution in [0.15, 0.2) is 15.9 Å². The zero-order valence-electron chi connectivity index (χ0n) is 10.2. The van der Waals surface area contributed by atoms with Gasteiger partial charge >= 0.3 is 0 Å². The Hall–Kier alpha value is -0.0600. The first-order chi connectivity index (χ1) is 7.63. The molecule has 0 spiro atoms. The first-order valence-corrected chi connectivity index (χ1v) is 7.63. The molecule has 0 aliphatic heterocycles. The highest BCUT2D eigenvalue weighted by Gasteiger charge is 2.38. The number of aromatic nitrogens is 1. The maximum Gasteiger partial charge on any atom is 0.150 e. The molecular formula is C12H20N2S2. The van der Waals surface area contributed by atoms with Gasteiger partial charge in [-0.1, -0.05) is 32.0 Å². The van der Waals surface area contributed by atoms with Crippen LogP contribution in [0.4, 0.5) is 0 Å². The average Bonchev–Trinajstić information content (AvgIpc) is 2.69. The van der Waals surface area contributed by atoms with Gasteiger partial charge in [0.15, 0.2) is 0 Å². The summed E-state index contributed by atoms with van der Waals surface area (Å²) in [7, 11) is 2.09. The van der Waals surface area contributed by atoms with Gasteiger partial charge in [0.1, 0.15) is 4.34 Å². The molecule has 1 aromatic heterocycles. The summed E-state index contributed by atoms with van der Waals surface area (Å²) in [5.74, 6) is 0. The van der Waals surface area contributed by atoms with E-state index in [4.69, 9.17) is 0 Å². The Bertz CT molecular complexity index is 322. The van der Waals surface area contributed by atoms with Crippen LogP contribution in [0.2, 0.25) is 0 Å². The number of rotatable bonds is 3. The monoisotopic (exact) mass is 256 g/mol. The Morgan fingerprint density at radius 3 is 3.00 bits per heavy atom. The van der Waals surface area contributed by atoms with E-state index in [0.717, 1.165) is 0 Å². The maximum absolute atomic E-state index is 4.38. The van der Waals surface area contributed by atoms with Crippen LogP contribution in [0.5, 0.6) is 0 Å². The molecule has 2 atom stereocenters. The predicted octanol–water partition coefficient (Wildman–Crippen LogP) is 3.40. The molecule has 1 saturated carbocycles. The normalized spacial score (nSPS) is 29.2. The lowest BCUT2D eigenvalue weighted by atomic mass is 9.73. The van der Waals surface area contributed by atoms with Gasteiger partial charge in [0.05, 0.1) is 0 Å². The van der Waals surface area contributed by atoms with Crippen molar-refractivity contribution < 1.29 is 0 Å². The summed E-state index contributed by atoms with van der Waals surface area (Å²) in [4.78, 5) is 4.38. The van der Waals surface area contributed by atoms with Gasteiger partial charge in [-0.2, -0.15) is 0 Å². The Balaban J connectivity index is 2.07. The predicted molar refractivity (Wildman–Crippen MR) is 72.2 cm³/mol. The van der Waals surface area contributed by atoms with Crippen molar-refractivity contribution in [3.63, 3.8) is 0 Å². The van der Waals surface area contributed by atoms with Crippen molar-refractivity contribution in [1.29, 1.82) is 0 Å². The second kappa shape index (κ2) is 5.07. The van der Waals surface area contributed by atoms with Gasteiger partial charge in [0.2, 0.25) is 0 Å². The summed E-state index contributed by atoms with van der Waals surface area (Å²) in [6, 6.07) is 0.593. The highest BCUT2D eigenvalue weighted by molar-refractivity contribution is 8.01. The minimum absolute atomic E-state index is 0.405. The third-order valence-corrected chi connectivity index (χ3v) is 5.76. The Morgan fingerprint density at radius 1 is 1.56 bits per heavy atom. The molecule has 1 aromatic rings. The highest BCUT2D eigenvalue weighted by atomic mass is 32.2. The first-order valence-electron chi connectivity index (χ1n) is 5.87. The molecule has 0 saturated heterocycles. The molecule has 2 rings (SSSR count). The standard InChI is InChI=1S/C12H20N2S2/c1-12(2)6-4-5-9(10(12)13-3)16-11-14-7-8-15-11/h7-10,13H,4-6H2,1-3H3. The molecule has 1 N–H and O–H groups in total. The number of hydrogen-bond acceptors (Lipinski definition) is 4. The summed E-state index contributed by atoms with van der Waals surface area (Å²) in [5.41, 5.74) is 0.405. The van der Waals surface area contributed by atoms with E-state index in [9.17, 15) is 0 Å². The van der Waals surface area contributed by atoms with Crippen LogP contribution in [0.3, 0.4) is 0 Å². The third kappa shape index (κ3) is 2.60. The molecule has 1 aliphatic carbocycles. The number of thioether (sulfide) groups is 1. The lowest BCUT2D eigenvalue weighted by Crippen LogP contribution is -2.49. The molecule has 0 amide bonds. The van der Waals surface area contributed by atoms with Gasteiger partial charge in [-0.3, -0.25) is 0 Å². The van der Waals surface area contributed by atoms with Gasteiger partial charge in [0, 0.05) is 22.9 Å². The highest BCUT2D eigenvalue weighted by Crippen LogP contribution is 2.42. The molecule has 90 valence electrons. The molecule has 1 heterocycles. The first kappa shape index (κ1) is 12.4. The largest absolute Gasteiger partial charge is 0.315 e. The Morgan fingerprint density at radius 2 is 2.38 bits per heavy atom. The average molecular weight is 256 g/mol. The smallest absolute Gasteiger partial charge is 0.150 e. The van der Waals surface area contributed by atoms with E-state index in [0.29, 0.717) is 16.7 Å². The van der Waals surface area contributed by atoms with Crippen LogP contribution >= 0.6 is 23.1 Å². The number of thiazole rings is 1. The van der Waals surface area contributed by atoms with E-state index >= 15 is 0 Å². The molecule has 1 aliphatic rings. The van der Waals surface area contributed by atoms with Crippen LogP contribution < -0.4 is 5.32 Å². The SMILES string of the molecule is CNC1C(Sc2nccs2)CCCC1(C)C. The molecular weight excluding hydrogens is 236 g/mol. The van der Waals surface area contributed by atoms with Gasteiger partial charge < -0.3 is 5.32 Å². The fourth-order valence-electron chi connectivity index (χ4n) is 2.69. The van der Waals surface area contributed by atoms with E-state index in [1.54, 1.807) is 11.3 Å². The zero-order valence-corrected chi connectivity index (χ0v) is 11.8. The van der Waals surface area contributed by atoms with E-state index in [1.165, 1.54) is 23.6 Å². The van der Waals surface area contributed by atoms with Crippen molar-refractivity contribution in [2.45, 2.75) is 48.7 Å². The molecule has 0 aromatic carbocycles. The topological polar surface area (TPSA) is 24.9 Å². The molecule has 0 radical (unpaired) electrons. The summed E-state index contributed by atoms with van der Waals surface area (Å²) in [6.07, 6.45) is 5.87. The molecule has 2 nitrogen and oxygen atoms in total. The van der Waals surface area contributed by atoms with Crippen molar-refractivity contribution in [2.24, 2.45) is 5.41 Å². The van der Waals surface area contributed by atoms with Crippen LogP contribution in [0.25, 0.3) is 0 Å². The summed E-state index contributed by atoms with van der Waals surface area (Å²) in [6.45, 7) is 4.76. The molecule has 2 unspecified atom stereocenters. The van der Waals surface area contributed by atoms with Crippen molar-refractivity contribution in [3.8, 4) is 0 Å². The molecule has 1 fully saturated rings. The fraction of sp³-hybridized carbons (Fsp3) is 0.750. The van der Waals surface area contributed by atoms with Gasteiger partial charge in [-0.05, 0) is 25.3 Å².